The van der Waals surface area contributed by atoms with E-state index in [0.29, 0.717) is 18.0 Å². The maximum absolute atomic E-state index is 13.5. The molecule has 2 atom stereocenters. The zero-order chi connectivity index (χ0) is 34.5. The Hall–Kier alpha value is -4.75. The summed E-state index contributed by atoms with van der Waals surface area (Å²) in [5.74, 6) is 2.15. The second-order valence-corrected chi connectivity index (χ2v) is 14.4. The second-order valence-electron chi connectivity index (χ2n) is 14.4. The van der Waals surface area contributed by atoms with Crippen LogP contribution in [-0.4, -0.2) is 74.8 Å². The van der Waals surface area contributed by atoms with E-state index in [9.17, 15) is 4.79 Å². The molecule has 1 aliphatic carbocycles. The maximum atomic E-state index is 13.5. The number of rotatable bonds is 11. The van der Waals surface area contributed by atoms with Gasteiger partial charge in [-0.3, -0.25) is 19.7 Å². The van der Waals surface area contributed by atoms with Gasteiger partial charge in [-0.15, -0.1) is 10.2 Å². The Bertz CT molecular complexity index is 1800. The van der Waals surface area contributed by atoms with Gasteiger partial charge in [-0.1, -0.05) is 45.0 Å². The Balaban J connectivity index is 1.15. The van der Waals surface area contributed by atoms with Crippen LogP contribution >= 0.6 is 0 Å². The Labute approximate surface area is 288 Å². The molecule has 5 N–H and O–H groups in total. The number of hydrogen-bond acceptors (Lipinski definition) is 8. The maximum Gasteiger partial charge on any atom is 0.323 e. The average Bonchev–Trinajstić information content (AvgIpc) is 3.71. The van der Waals surface area contributed by atoms with Crippen molar-refractivity contribution >= 4 is 29.0 Å². The number of nitrogens with one attached hydrogen (secondary N) is 3. The molecule has 2 unspecified atom stereocenters. The number of piperidine rings is 1. The Morgan fingerprint density at radius 3 is 2.59 bits per heavy atom. The van der Waals surface area contributed by atoms with Crippen molar-refractivity contribution in [1.29, 1.82) is 5.41 Å². The molecule has 49 heavy (non-hydrogen) atoms. The molecular weight excluding hydrogens is 618 g/mol. The van der Waals surface area contributed by atoms with Crippen LogP contribution in [0.25, 0.3) is 5.65 Å². The summed E-state index contributed by atoms with van der Waals surface area (Å²) in [6, 6.07) is 11.5. The minimum Gasteiger partial charge on any atom is -0.484 e. The Morgan fingerprint density at radius 2 is 1.84 bits per heavy atom. The molecule has 13 heteroatoms. The lowest BCUT2D eigenvalue weighted by molar-refractivity contribution is -0.522. The second kappa shape index (κ2) is 14.8. The summed E-state index contributed by atoms with van der Waals surface area (Å²) in [6.45, 7) is 9.55. The molecule has 1 fully saturated rings. The Kier molecular flexibility index (Phi) is 10.3. The van der Waals surface area contributed by atoms with E-state index in [4.69, 9.17) is 10.1 Å². The first-order chi connectivity index (χ1) is 23.5. The normalized spacial score (nSPS) is 18.4. The predicted molar refractivity (Wildman–Crippen MR) is 190 cm³/mol. The van der Waals surface area contributed by atoms with Gasteiger partial charge in [0.05, 0.1) is 25.0 Å². The summed E-state index contributed by atoms with van der Waals surface area (Å²) in [6.07, 6.45) is 12.3. The standard InChI is InChI=1S/C36H49N11O2/c1-36(2,3)31(37)21-32(39-25-22-38-46(23-25)20-19-44(4)5)41-34(48)40-29-14-15-30(28-12-8-7-11-27(28)29)49-26-13-16-33-42-43-35(47(33)24-26)45-17-9-6-10-18-45/h7-8,11-13,16,21-24,29-30,37,39H,6,9-10,14-15,17-20H2,1-5H3,(H2,40,41,48)/p+1. The van der Waals surface area contributed by atoms with Crippen molar-refractivity contribution in [1.82, 2.24) is 39.9 Å². The number of fused-ring (bicyclic) bond motifs is 2. The fourth-order valence-electron chi connectivity index (χ4n) is 6.30. The highest BCUT2D eigenvalue weighted by Crippen LogP contribution is 2.39. The van der Waals surface area contributed by atoms with Gasteiger partial charge in [-0.05, 0) is 69.5 Å². The number of nitrogens with two attached hydrogens (primary N) is 1. The van der Waals surface area contributed by atoms with Gasteiger partial charge in [0.2, 0.25) is 11.8 Å². The molecule has 4 heterocycles. The van der Waals surface area contributed by atoms with Crippen LogP contribution in [0.4, 0.5) is 16.4 Å². The van der Waals surface area contributed by atoms with Gasteiger partial charge in [-0.2, -0.15) is 5.10 Å². The van der Waals surface area contributed by atoms with Crippen molar-refractivity contribution in [3.8, 4) is 5.75 Å². The number of aromatic nitrogens is 5. The summed E-state index contributed by atoms with van der Waals surface area (Å²) in [5.41, 5.74) is 3.78. The number of ether oxygens (including phenoxy) is 1. The highest BCUT2D eigenvalue weighted by atomic mass is 16.5. The molecule has 1 aromatic carbocycles. The first-order valence-corrected chi connectivity index (χ1v) is 17.3. The first-order valence-electron chi connectivity index (χ1n) is 17.3. The molecule has 2 aliphatic rings. The van der Waals surface area contributed by atoms with Crippen LogP contribution in [0.3, 0.4) is 0 Å². The molecule has 3 aromatic heterocycles. The number of nitrogens with zero attached hydrogens (tertiary/aromatic N) is 7. The number of benzene rings is 1. The fraction of sp³-hybridized carbons (Fsp3) is 0.472. The van der Waals surface area contributed by atoms with Gasteiger partial charge < -0.3 is 25.3 Å². The number of likely N-dealkylation sites (N-methyl/N-ethyl adjacent to an activating group) is 1. The quantitative estimate of drug-likeness (QED) is 0.172. The van der Waals surface area contributed by atoms with E-state index >= 15 is 0 Å². The molecule has 13 nitrogen and oxygen atoms in total. The summed E-state index contributed by atoms with van der Waals surface area (Å²) >= 11 is 0. The lowest BCUT2D eigenvalue weighted by atomic mass is 9.85. The van der Waals surface area contributed by atoms with Crippen LogP contribution in [0.5, 0.6) is 5.75 Å². The molecule has 260 valence electrons. The lowest BCUT2D eigenvalue weighted by Crippen LogP contribution is -2.79. The van der Waals surface area contributed by atoms with Gasteiger partial charge in [0.1, 0.15) is 18.1 Å². The smallest absolute Gasteiger partial charge is 0.323 e. The van der Waals surface area contributed by atoms with E-state index in [1.807, 2.05) is 85.9 Å². The van der Waals surface area contributed by atoms with Gasteiger partial charge in [0.25, 0.3) is 0 Å². The van der Waals surface area contributed by atoms with Crippen LogP contribution in [0.15, 0.2) is 66.9 Å². The van der Waals surface area contributed by atoms with Crippen molar-refractivity contribution in [3.05, 3.63) is 78.0 Å². The molecule has 1 saturated heterocycles. The van der Waals surface area contributed by atoms with E-state index in [1.165, 1.54) is 6.42 Å². The van der Waals surface area contributed by atoms with Crippen LogP contribution in [0, 0.1) is 10.8 Å². The molecule has 0 bridgehead atoms. The summed E-state index contributed by atoms with van der Waals surface area (Å²) in [5, 5.41) is 30.1. The van der Waals surface area contributed by atoms with E-state index in [-0.39, 0.29) is 23.6 Å². The number of carbonyl (C=O) groups is 1. The highest BCUT2D eigenvalue weighted by Gasteiger charge is 2.30. The number of allylic oxidation sites excluding steroid dienone is 1. The van der Waals surface area contributed by atoms with E-state index in [1.54, 1.807) is 12.3 Å². The molecule has 0 radical (unpaired) electrons. The number of hydrogen-bond donors (Lipinski definition) is 4. The molecule has 1 aliphatic heterocycles. The highest BCUT2D eigenvalue weighted by molar-refractivity contribution is 5.97. The zero-order valence-electron chi connectivity index (χ0n) is 29.3. The largest absolute Gasteiger partial charge is 0.484 e. The van der Waals surface area contributed by atoms with Crippen LogP contribution in [0.2, 0.25) is 0 Å². The van der Waals surface area contributed by atoms with Gasteiger partial charge in [-0.25, -0.2) is 4.79 Å². The van der Waals surface area contributed by atoms with E-state index in [0.717, 1.165) is 79.6 Å². The minimum atomic E-state index is -0.377. The molecule has 6 rings (SSSR count). The number of carbonyl (C=O) groups excluding carboxylic acids is 1. The number of anilines is 1. The zero-order valence-corrected chi connectivity index (χ0v) is 29.3. The third-order valence-electron chi connectivity index (χ3n) is 9.13. The molecule has 0 spiro atoms. The van der Waals surface area contributed by atoms with Crippen LogP contribution in [-0.2, 0) is 6.54 Å². The Morgan fingerprint density at radius 1 is 1.06 bits per heavy atom. The third kappa shape index (κ3) is 8.46. The molecular formula is C36H50N11O2+. The first kappa shape index (κ1) is 34.1. The number of pyridine rings is 1. The fourth-order valence-corrected chi connectivity index (χ4v) is 6.30. The summed E-state index contributed by atoms with van der Waals surface area (Å²) in [4.78, 5) is 17.9. The molecule has 0 saturated carbocycles. The number of quaternary nitrogens is 1. The van der Waals surface area contributed by atoms with Crippen molar-refractivity contribution in [2.24, 2.45) is 5.41 Å². The minimum absolute atomic E-state index is 0.162. The van der Waals surface area contributed by atoms with Crippen molar-refractivity contribution in [2.75, 3.05) is 38.6 Å². The number of amides is 2. The van der Waals surface area contributed by atoms with E-state index in [2.05, 4.69) is 47.9 Å². The molecule has 2 amide bonds. The summed E-state index contributed by atoms with van der Waals surface area (Å²) < 4.78 is 10.5. The van der Waals surface area contributed by atoms with Crippen molar-refractivity contribution < 1.29 is 14.8 Å². The van der Waals surface area contributed by atoms with Gasteiger partial charge in [0, 0.05) is 36.8 Å². The van der Waals surface area contributed by atoms with Crippen molar-refractivity contribution in [2.45, 2.75) is 71.6 Å². The predicted octanol–water partition coefficient (Wildman–Crippen LogP) is 4.53. The van der Waals surface area contributed by atoms with Crippen LogP contribution in [0.1, 0.15) is 76.1 Å². The SMILES string of the molecule is CN(C)CCn1cc([NH2+]C(=CC(=N)C(C)(C)C)NC(=O)NC2CCC(Oc3ccc4nnc(N5CCCCC5)n4c3)c3ccccc32)cn1. The van der Waals surface area contributed by atoms with Crippen molar-refractivity contribution in [3.63, 3.8) is 0 Å². The number of urea groups is 1. The monoisotopic (exact) mass is 668 g/mol. The van der Waals surface area contributed by atoms with Crippen LogP contribution < -0.4 is 25.6 Å². The lowest BCUT2D eigenvalue weighted by Gasteiger charge is -2.32. The topological polar surface area (TPSA) is 145 Å². The van der Waals surface area contributed by atoms with Gasteiger partial charge >= 0.3 is 6.03 Å². The third-order valence-corrected chi connectivity index (χ3v) is 9.13. The molecule has 4 aromatic rings. The van der Waals surface area contributed by atoms with E-state index < -0.39 is 0 Å². The summed E-state index contributed by atoms with van der Waals surface area (Å²) in [7, 11) is 4.06. The van der Waals surface area contributed by atoms with Gasteiger partial charge in [0.15, 0.2) is 11.3 Å². The average molecular weight is 669 g/mol.